The van der Waals surface area contributed by atoms with Crippen molar-refractivity contribution in [1.29, 1.82) is 0 Å². The Morgan fingerprint density at radius 2 is 2.03 bits per heavy atom. The van der Waals surface area contributed by atoms with Crippen LogP contribution in [-0.2, 0) is 18.3 Å². The number of aryl methyl sites for hydroxylation is 2. The molecule has 3 heterocycles. The molecule has 9 nitrogen and oxygen atoms in total. The minimum Gasteiger partial charge on any atom is -0.493 e. The van der Waals surface area contributed by atoms with Gasteiger partial charge in [0.15, 0.2) is 5.52 Å². The summed E-state index contributed by atoms with van der Waals surface area (Å²) in [5.41, 5.74) is 3.42. The van der Waals surface area contributed by atoms with Crippen molar-refractivity contribution in [1.82, 2.24) is 19.7 Å². The van der Waals surface area contributed by atoms with Crippen LogP contribution in [0.3, 0.4) is 0 Å². The molecule has 0 atom stereocenters. The summed E-state index contributed by atoms with van der Waals surface area (Å²) in [5, 5.41) is 13.6. The number of carboxylic acids is 1. The normalized spacial score (nSPS) is 14.7. The van der Waals surface area contributed by atoms with Gasteiger partial charge in [-0.2, -0.15) is 5.10 Å². The van der Waals surface area contributed by atoms with Crippen molar-refractivity contribution < 1.29 is 14.6 Å². The second-order valence-electron chi connectivity index (χ2n) is 8.57. The second kappa shape index (κ2) is 9.64. The highest BCUT2D eigenvalue weighted by Crippen LogP contribution is 2.34. The minimum absolute atomic E-state index is 0.212. The minimum atomic E-state index is -0.736. The van der Waals surface area contributed by atoms with Gasteiger partial charge in [0.05, 0.1) is 17.9 Å². The van der Waals surface area contributed by atoms with Crippen LogP contribution in [0.25, 0.3) is 22.4 Å². The third kappa shape index (κ3) is 4.72. The van der Waals surface area contributed by atoms with E-state index in [2.05, 4.69) is 21.9 Å². The first-order valence-corrected chi connectivity index (χ1v) is 11.6. The van der Waals surface area contributed by atoms with E-state index in [4.69, 9.17) is 14.8 Å². The smallest absolute Gasteiger partial charge is 0.303 e. The van der Waals surface area contributed by atoms with Crippen molar-refractivity contribution in [2.45, 2.75) is 46.0 Å². The molecule has 1 aliphatic heterocycles. The highest BCUT2D eigenvalue weighted by molar-refractivity contribution is 5.80. The number of aromatic amines is 1. The van der Waals surface area contributed by atoms with E-state index in [0.717, 1.165) is 55.7 Å². The molecule has 2 aromatic heterocycles. The average molecular weight is 454 g/mol. The molecule has 1 aromatic carbocycles. The number of piperidine rings is 1. The van der Waals surface area contributed by atoms with Gasteiger partial charge in [0.1, 0.15) is 17.1 Å². The molecule has 0 saturated carbocycles. The number of anilines is 1. The molecule has 3 aromatic rings. The number of fused-ring (bicyclic) bond motifs is 1. The van der Waals surface area contributed by atoms with E-state index in [0.29, 0.717) is 29.2 Å². The molecule has 0 aliphatic carbocycles. The SMILES string of the molecule is CCCc1nn(C)c2c(=O)[nH]c(-c3cc(N4CCC(CC(=O)O)CC4)ccc3OCC)nc12. The molecule has 0 spiro atoms. The number of nitrogens with one attached hydrogen (secondary N) is 1. The van der Waals surface area contributed by atoms with E-state index in [1.165, 1.54) is 0 Å². The number of aliphatic carboxylic acids is 1. The maximum absolute atomic E-state index is 12.9. The van der Waals surface area contributed by atoms with Crippen LogP contribution in [0, 0.1) is 5.92 Å². The summed E-state index contributed by atoms with van der Waals surface area (Å²) in [5.74, 6) is 0.596. The van der Waals surface area contributed by atoms with Crippen molar-refractivity contribution >= 4 is 22.7 Å². The molecular formula is C24H31N5O4. The number of nitrogens with zero attached hydrogens (tertiary/aromatic N) is 4. The first kappa shape index (κ1) is 22.8. The van der Waals surface area contributed by atoms with Gasteiger partial charge in [-0.3, -0.25) is 14.3 Å². The van der Waals surface area contributed by atoms with E-state index >= 15 is 0 Å². The van der Waals surface area contributed by atoms with E-state index in [9.17, 15) is 9.59 Å². The average Bonchev–Trinajstić information content (AvgIpc) is 3.10. The first-order valence-electron chi connectivity index (χ1n) is 11.6. The zero-order valence-electron chi connectivity index (χ0n) is 19.4. The summed E-state index contributed by atoms with van der Waals surface area (Å²) in [4.78, 5) is 34.0. The molecular weight excluding hydrogens is 422 g/mol. The number of aromatic nitrogens is 4. The van der Waals surface area contributed by atoms with Crippen LogP contribution < -0.4 is 15.2 Å². The predicted molar refractivity (Wildman–Crippen MR) is 127 cm³/mol. The maximum atomic E-state index is 12.9. The fourth-order valence-corrected chi connectivity index (χ4v) is 4.60. The molecule has 33 heavy (non-hydrogen) atoms. The number of carbonyl (C=O) groups is 1. The Balaban J connectivity index is 1.72. The van der Waals surface area contributed by atoms with Crippen molar-refractivity contribution in [2.75, 3.05) is 24.6 Å². The molecule has 1 aliphatic rings. The largest absolute Gasteiger partial charge is 0.493 e. The summed E-state index contributed by atoms with van der Waals surface area (Å²) in [6.07, 6.45) is 3.56. The van der Waals surface area contributed by atoms with Gasteiger partial charge in [-0.15, -0.1) is 0 Å². The topological polar surface area (TPSA) is 113 Å². The van der Waals surface area contributed by atoms with Crippen LogP contribution in [0.2, 0.25) is 0 Å². The Morgan fingerprint density at radius 3 is 2.70 bits per heavy atom. The summed E-state index contributed by atoms with van der Waals surface area (Å²) in [6.45, 7) is 6.07. The van der Waals surface area contributed by atoms with E-state index in [1.54, 1.807) is 11.7 Å². The molecule has 0 amide bonds. The Bertz CT molecular complexity index is 1210. The maximum Gasteiger partial charge on any atom is 0.303 e. The van der Waals surface area contributed by atoms with Gasteiger partial charge in [0.25, 0.3) is 5.56 Å². The fourth-order valence-electron chi connectivity index (χ4n) is 4.60. The third-order valence-electron chi connectivity index (χ3n) is 6.21. The number of hydrogen-bond donors (Lipinski definition) is 2. The first-order chi connectivity index (χ1) is 15.9. The number of benzene rings is 1. The molecule has 0 radical (unpaired) electrons. The Kier molecular flexibility index (Phi) is 6.67. The number of carboxylic acid groups (broad SMARTS) is 1. The zero-order valence-corrected chi connectivity index (χ0v) is 19.4. The van der Waals surface area contributed by atoms with Crippen molar-refractivity contribution in [3.05, 3.63) is 34.2 Å². The van der Waals surface area contributed by atoms with E-state index in [-0.39, 0.29) is 17.9 Å². The van der Waals surface area contributed by atoms with E-state index in [1.807, 2.05) is 25.1 Å². The van der Waals surface area contributed by atoms with Crippen LogP contribution in [0.15, 0.2) is 23.0 Å². The lowest BCUT2D eigenvalue weighted by molar-refractivity contribution is -0.138. The molecule has 1 saturated heterocycles. The Hall–Kier alpha value is -3.36. The number of H-pyrrole nitrogens is 1. The van der Waals surface area contributed by atoms with Crippen LogP contribution in [-0.4, -0.2) is 50.5 Å². The van der Waals surface area contributed by atoms with Crippen molar-refractivity contribution in [2.24, 2.45) is 13.0 Å². The van der Waals surface area contributed by atoms with Gasteiger partial charge in [0.2, 0.25) is 0 Å². The molecule has 9 heteroatoms. The molecule has 2 N–H and O–H groups in total. The summed E-state index contributed by atoms with van der Waals surface area (Å²) in [6, 6.07) is 5.93. The third-order valence-corrected chi connectivity index (χ3v) is 6.21. The molecule has 1 fully saturated rings. The van der Waals surface area contributed by atoms with Gasteiger partial charge < -0.3 is 19.7 Å². The van der Waals surface area contributed by atoms with Crippen LogP contribution >= 0.6 is 0 Å². The lowest BCUT2D eigenvalue weighted by Crippen LogP contribution is -2.34. The lowest BCUT2D eigenvalue weighted by Gasteiger charge is -2.33. The van der Waals surface area contributed by atoms with Crippen molar-refractivity contribution in [3.8, 4) is 17.1 Å². The van der Waals surface area contributed by atoms with Gasteiger partial charge >= 0.3 is 5.97 Å². The van der Waals surface area contributed by atoms with Crippen molar-refractivity contribution in [3.63, 3.8) is 0 Å². The second-order valence-corrected chi connectivity index (χ2v) is 8.57. The Morgan fingerprint density at radius 1 is 1.27 bits per heavy atom. The van der Waals surface area contributed by atoms with Gasteiger partial charge in [-0.05, 0) is 50.3 Å². The quantitative estimate of drug-likeness (QED) is 0.538. The summed E-state index contributed by atoms with van der Waals surface area (Å²) >= 11 is 0. The number of hydrogen-bond acceptors (Lipinski definition) is 6. The summed E-state index contributed by atoms with van der Waals surface area (Å²) in [7, 11) is 1.76. The molecule has 176 valence electrons. The highest BCUT2D eigenvalue weighted by Gasteiger charge is 2.23. The highest BCUT2D eigenvalue weighted by atomic mass is 16.5. The molecule has 0 bridgehead atoms. The molecule has 0 unspecified atom stereocenters. The van der Waals surface area contributed by atoms with Crippen LogP contribution in [0.5, 0.6) is 5.75 Å². The van der Waals surface area contributed by atoms with Gasteiger partial charge in [-0.25, -0.2) is 4.98 Å². The van der Waals surface area contributed by atoms with Gasteiger partial charge in [-0.1, -0.05) is 13.3 Å². The zero-order chi connectivity index (χ0) is 23.5. The summed E-state index contributed by atoms with van der Waals surface area (Å²) < 4.78 is 7.46. The Labute approximate surface area is 192 Å². The van der Waals surface area contributed by atoms with E-state index < -0.39 is 5.97 Å². The standard InChI is InChI=1S/C24H31N5O4/c1-4-6-18-21-22(28(3)27-18)24(32)26-23(25-21)17-14-16(7-8-19(17)33-5-2)29-11-9-15(10-12-29)13-20(30)31/h7-8,14-15H,4-6,9-13H2,1-3H3,(H,30,31)(H,25,26,32). The lowest BCUT2D eigenvalue weighted by atomic mass is 9.93. The molecule has 4 rings (SSSR count). The monoisotopic (exact) mass is 453 g/mol. The van der Waals surface area contributed by atoms with Crippen LogP contribution in [0.4, 0.5) is 5.69 Å². The van der Waals surface area contributed by atoms with Crippen LogP contribution in [0.1, 0.15) is 45.2 Å². The number of ether oxygens (including phenoxy) is 1. The fraction of sp³-hybridized carbons (Fsp3) is 0.500. The van der Waals surface area contributed by atoms with Gasteiger partial charge in [0, 0.05) is 32.2 Å². The predicted octanol–water partition coefficient (Wildman–Crippen LogP) is 3.37. The number of rotatable bonds is 8.